The van der Waals surface area contributed by atoms with Gasteiger partial charge >= 0.3 is 11.4 Å². The van der Waals surface area contributed by atoms with E-state index in [1.165, 1.54) is 18.2 Å². The Kier molecular flexibility index (Phi) is 12.4. The Morgan fingerprint density at radius 3 is 2.12 bits per heavy atom. The predicted octanol–water partition coefficient (Wildman–Crippen LogP) is 9.73. The van der Waals surface area contributed by atoms with E-state index in [2.05, 4.69) is 70.1 Å². The van der Waals surface area contributed by atoms with Crippen LogP contribution in [0.25, 0.3) is 28.3 Å². The summed E-state index contributed by atoms with van der Waals surface area (Å²) < 4.78 is 56.3. The van der Waals surface area contributed by atoms with Gasteiger partial charge in [0.15, 0.2) is 30.2 Å². The number of nitrogens with zero attached hydrogens (tertiary/aromatic N) is 4. The van der Waals surface area contributed by atoms with Gasteiger partial charge in [-0.05, 0) is 188 Å². The van der Waals surface area contributed by atoms with Crippen LogP contribution in [0, 0.1) is 9.49 Å². The van der Waals surface area contributed by atoms with Gasteiger partial charge in [-0.3, -0.25) is 0 Å². The Hall–Kier alpha value is -2.42. The molecule has 0 N–H and O–H groups in total. The Morgan fingerprint density at radius 2 is 1.41 bits per heavy atom. The Bertz CT molecular complexity index is 2820. The van der Waals surface area contributed by atoms with Crippen molar-refractivity contribution in [2.75, 3.05) is 0 Å². The first-order valence-corrected chi connectivity index (χ1v) is 24.4. The zero-order chi connectivity index (χ0) is 40.1. The van der Waals surface area contributed by atoms with Crippen LogP contribution in [0.2, 0.25) is 15.1 Å². The van der Waals surface area contributed by atoms with Gasteiger partial charge in [0, 0.05) is 28.1 Å². The summed E-state index contributed by atoms with van der Waals surface area (Å²) in [5.41, 5.74) is 24.7. The third-order valence-electron chi connectivity index (χ3n) is 10.8. The predicted molar refractivity (Wildman–Crippen MR) is 237 cm³/mol. The largest absolute Gasteiger partial charge is 0.361 e. The summed E-state index contributed by atoms with van der Waals surface area (Å²) in [6.45, 7) is 0. The van der Waals surface area contributed by atoms with E-state index >= 15 is 0 Å². The highest BCUT2D eigenvalue weighted by Gasteiger charge is 2.47. The fourth-order valence-electron chi connectivity index (χ4n) is 8.13. The number of halogens is 6. The monoisotopic (exact) mass is 1080 g/mol. The van der Waals surface area contributed by atoms with E-state index in [1.54, 1.807) is 30.3 Å². The van der Waals surface area contributed by atoms with Crippen molar-refractivity contribution >= 4 is 138 Å². The van der Waals surface area contributed by atoms with Crippen molar-refractivity contribution in [3.8, 4) is 0 Å². The molecule has 0 amide bonds. The highest BCUT2D eigenvalue weighted by Crippen LogP contribution is 2.43. The molecule has 4 aliphatic rings. The maximum Gasteiger partial charge on any atom is 0.318 e. The first-order chi connectivity index (χ1) is 26.7. The third kappa shape index (κ3) is 7.74. The number of benzene rings is 4. The molecule has 288 valence electrons. The third-order valence-corrected chi connectivity index (χ3v) is 18.7. The molecule has 0 aliphatic heterocycles. The van der Waals surface area contributed by atoms with Crippen molar-refractivity contribution in [2.24, 2.45) is 5.92 Å². The van der Waals surface area contributed by atoms with Crippen LogP contribution in [-0.2, 0) is 26.1 Å². The average Bonchev–Trinajstić information content (AvgIpc) is 3.19. The molecule has 16 heteroatoms. The van der Waals surface area contributed by atoms with Crippen molar-refractivity contribution in [1.29, 1.82) is 0 Å². The Labute approximate surface area is 370 Å². The molecule has 0 radical (unpaired) electrons. The quantitative estimate of drug-likeness (QED) is 0.114. The molecule has 0 spiro atoms. The average molecular weight is 1090 g/mol. The highest BCUT2D eigenvalue weighted by atomic mass is 127. The first kappa shape index (κ1) is 41.7. The van der Waals surface area contributed by atoms with Gasteiger partial charge in [0.05, 0.1) is 20.4 Å². The molecule has 4 aromatic rings. The molecule has 0 heterocycles. The van der Waals surface area contributed by atoms with Crippen molar-refractivity contribution in [3.05, 3.63) is 139 Å². The highest BCUT2D eigenvalue weighted by molar-refractivity contribution is 14.1. The molecule has 3 atom stereocenters. The normalized spacial score (nSPS) is 20.2. The lowest BCUT2D eigenvalue weighted by atomic mass is 9.77. The van der Waals surface area contributed by atoms with Crippen molar-refractivity contribution in [1.82, 2.24) is 0 Å². The molecule has 0 saturated heterocycles. The summed E-state index contributed by atoms with van der Waals surface area (Å²) in [4.78, 5) is 7.19. The van der Waals surface area contributed by atoms with Crippen LogP contribution < -0.4 is 10.4 Å². The molecule has 1 saturated carbocycles. The molecule has 4 aliphatic carbocycles. The topological polar surface area (TPSA) is 141 Å². The second-order valence-corrected chi connectivity index (χ2v) is 22.2. The van der Waals surface area contributed by atoms with Crippen LogP contribution >= 0.6 is 89.3 Å². The minimum absolute atomic E-state index is 0.0518. The smallest absolute Gasteiger partial charge is 0.318 e. The van der Waals surface area contributed by atoms with Crippen molar-refractivity contribution < 1.29 is 26.4 Å². The minimum Gasteiger partial charge on any atom is -0.361 e. The lowest BCUT2D eigenvalue weighted by molar-refractivity contribution is -0.00699. The van der Waals surface area contributed by atoms with E-state index in [0.717, 1.165) is 70.9 Å². The molecule has 1 fully saturated rings. The van der Waals surface area contributed by atoms with Crippen LogP contribution in [0.3, 0.4) is 0 Å². The maximum absolute atomic E-state index is 13.4. The number of aryl methyl sites for hydroxylation is 1. The summed E-state index contributed by atoms with van der Waals surface area (Å²) in [6.07, 6.45) is 6.70. The van der Waals surface area contributed by atoms with Crippen LogP contribution in [-0.4, -0.2) is 48.3 Å². The van der Waals surface area contributed by atoms with E-state index < -0.39 is 30.2 Å². The van der Waals surface area contributed by atoms with Gasteiger partial charge in [-0.1, -0.05) is 58.6 Å². The molecule has 3 unspecified atom stereocenters. The van der Waals surface area contributed by atoms with Gasteiger partial charge in [0.25, 0.3) is 0 Å². The molecule has 0 aromatic heterocycles. The molecule has 8 nitrogen and oxygen atoms in total. The van der Waals surface area contributed by atoms with Gasteiger partial charge in [-0.25, -0.2) is 16.8 Å². The van der Waals surface area contributed by atoms with Gasteiger partial charge < -0.3 is 11.1 Å². The lowest BCUT2D eigenvalue weighted by Crippen LogP contribution is -2.45. The number of sulfone groups is 2. The van der Waals surface area contributed by atoms with E-state index in [0.29, 0.717) is 29.9 Å². The standard InChI is InChI=1S/C20H15Br2IN2O2S.C20H15Cl3N2O2S/c21-16-9-8-14-15(19(16)22)7-1-11-2-10-17(20(25-24)18(11)14)28(26,27)13-5-3-12(23)4-6-13;21-13-4-6-15-12(9-13)2-1-11-3-8-17(20(25-24)19(11)15)28(26,27)18-10-14(22)5-7-16(18)23/h3-9,11,17H,1-2,10H2;4-7,9-10,17H,1-3,8H2. The molecule has 4 aromatic carbocycles. The van der Waals surface area contributed by atoms with Crippen LogP contribution in [0.4, 0.5) is 0 Å². The number of rotatable bonds is 4. The second kappa shape index (κ2) is 16.7. The van der Waals surface area contributed by atoms with E-state index in [-0.39, 0.29) is 37.2 Å². The van der Waals surface area contributed by atoms with Gasteiger partial charge in [0.1, 0.15) is 0 Å². The summed E-state index contributed by atoms with van der Waals surface area (Å²) in [5.74, 6) is 0.162. The molecule has 0 bridgehead atoms. The fraction of sp³-hybridized carbons (Fsp3) is 0.250. The summed E-state index contributed by atoms with van der Waals surface area (Å²) in [7, 11) is -7.56. The Balaban J connectivity index is 0.000000172. The summed E-state index contributed by atoms with van der Waals surface area (Å²) in [6, 6.07) is 20.5. The molecular weight excluding hydrogens is 1060 g/mol. The number of fused-ring (bicyclic) bond motifs is 4. The zero-order valence-corrected chi connectivity index (χ0v) is 38.4. The number of allylic oxidation sites excluding steroid dienone is 2. The maximum atomic E-state index is 13.4. The van der Waals surface area contributed by atoms with Crippen LogP contribution in [0.1, 0.15) is 49.7 Å². The Morgan fingerprint density at radius 1 is 0.732 bits per heavy atom. The molecule has 56 heavy (non-hydrogen) atoms. The van der Waals surface area contributed by atoms with Crippen molar-refractivity contribution in [3.63, 3.8) is 0 Å². The number of hydrogen-bond acceptors (Lipinski definition) is 4. The number of hydrogen-bond donors (Lipinski definition) is 0. The van der Waals surface area contributed by atoms with E-state index in [4.69, 9.17) is 34.8 Å². The SMILES string of the molecule is [N-]=[N+]=C1C2=C(CCc3cc(Cl)ccc32)CCC1S(=O)(=O)c1cc(Cl)ccc1Cl.[N-]=[N+]=C1C2=c3ccc(Br)c(Br)c3=CCC2CCC1S(=O)(=O)c1ccc(I)cc1. The fourth-order valence-corrected chi connectivity index (χ4v) is 13.8. The van der Waals surface area contributed by atoms with Crippen molar-refractivity contribution in [2.45, 2.75) is 65.2 Å². The summed E-state index contributed by atoms with van der Waals surface area (Å²) >= 11 is 27.6. The molecule has 8 rings (SSSR count). The van der Waals surface area contributed by atoms with Gasteiger partial charge in [-0.15, -0.1) is 0 Å². The minimum atomic E-state index is -3.91. The summed E-state index contributed by atoms with van der Waals surface area (Å²) in [5, 5.41) is 1.08. The second-order valence-electron chi connectivity index (χ2n) is 13.8. The first-order valence-electron chi connectivity index (χ1n) is 17.5. The zero-order valence-electron chi connectivity index (χ0n) is 29.2. The van der Waals surface area contributed by atoms with Gasteiger partial charge in [-0.2, -0.15) is 9.58 Å². The van der Waals surface area contributed by atoms with Crippen LogP contribution in [0.5, 0.6) is 0 Å². The van der Waals surface area contributed by atoms with E-state index in [1.807, 2.05) is 24.3 Å². The lowest BCUT2D eigenvalue weighted by Gasteiger charge is -2.29. The van der Waals surface area contributed by atoms with E-state index in [9.17, 15) is 27.9 Å². The molecular formula is C40H30Br2Cl3IN4O4S2. The van der Waals surface area contributed by atoms with Crippen LogP contribution in [0.15, 0.2) is 97.1 Å². The van der Waals surface area contributed by atoms with Gasteiger partial charge in [0.2, 0.25) is 0 Å².